The summed E-state index contributed by atoms with van der Waals surface area (Å²) in [6.07, 6.45) is 5.11. The molecule has 0 amide bonds. The van der Waals surface area contributed by atoms with Gasteiger partial charge < -0.3 is 10.6 Å². The molecule has 0 bridgehead atoms. The largest absolute Gasteiger partial charge is 0.354 e. The summed E-state index contributed by atoms with van der Waals surface area (Å²) >= 11 is 0. The normalized spacial score (nSPS) is 12.8. The Bertz CT molecular complexity index is 996. The Morgan fingerprint density at radius 1 is 0.769 bits per heavy atom. The monoisotopic (exact) mass is 343 g/mol. The fourth-order valence-electron chi connectivity index (χ4n) is 2.53. The van der Waals surface area contributed by atoms with E-state index in [1.165, 1.54) is 0 Å². The van der Waals surface area contributed by atoms with Crippen molar-refractivity contribution in [3.05, 3.63) is 67.1 Å². The fraction of sp³-hybridized carbons (Fsp3) is 0.105. The number of guanidine groups is 1. The van der Waals surface area contributed by atoms with Crippen LogP contribution in [0.3, 0.4) is 0 Å². The third-order valence-electron chi connectivity index (χ3n) is 3.74. The van der Waals surface area contributed by atoms with Crippen LogP contribution in [-0.2, 0) is 0 Å². The molecule has 3 heterocycles. The van der Waals surface area contributed by atoms with E-state index in [0.717, 1.165) is 41.1 Å². The zero-order valence-corrected chi connectivity index (χ0v) is 14.0. The second-order valence-electron chi connectivity index (χ2n) is 5.57. The van der Waals surface area contributed by atoms with Gasteiger partial charge in [-0.1, -0.05) is 24.3 Å². The van der Waals surface area contributed by atoms with Crippen LogP contribution in [0.1, 0.15) is 0 Å². The maximum atomic E-state index is 4.44. The summed E-state index contributed by atoms with van der Waals surface area (Å²) in [7, 11) is 0. The molecule has 0 saturated heterocycles. The molecule has 1 aliphatic rings. The van der Waals surface area contributed by atoms with Crippen LogP contribution in [0.4, 0.5) is 5.82 Å². The van der Waals surface area contributed by atoms with Crippen molar-refractivity contribution < 1.29 is 0 Å². The van der Waals surface area contributed by atoms with Crippen LogP contribution in [0.25, 0.3) is 22.1 Å². The number of benzene rings is 2. The van der Waals surface area contributed by atoms with E-state index in [4.69, 9.17) is 0 Å². The molecule has 128 valence electrons. The minimum Gasteiger partial charge on any atom is -0.354 e. The van der Waals surface area contributed by atoms with Gasteiger partial charge in [-0.25, -0.2) is 4.98 Å². The first-order chi connectivity index (χ1) is 12.9. The molecule has 7 nitrogen and oxygen atoms in total. The van der Waals surface area contributed by atoms with Crippen molar-refractivity contribution in [2.75, 3.05) is 18.4 Å². The topological polar surface area (TPSA) is 88.0 Å². The third kappa shape index (κ3) is 3.72. The lowest BCUT2D eigenvalue weighted by atomic mass is 10.3. The summed E-state index contributed by atoms with van der Waals surface area (Å²) in [6, 6.07) is 15.6. The Balaban J connectivity index is 0.000000144. The lowest BCUT2D eigenvalue weighted by molar-refractivity contribution is 0.958. The molecule has 0 saturated carbocycles. The van der Waals surface area contributed by atoms with Crippen molar-refractivity contribution in [2.24, 2.45) is 4.99 Å². The van der Waals surface area contributed by atoms with Crippen LogP contribution >= 0.6 is 0 Å². The summed E-state index contributed by atoms with van der Waals surface area (Å²) in [4.78, 5) is 21.2. The first-order valence-electron chi connectivity index (χ1n) is 8.31. The number of para-hydroxylation sites is 4. The summed E-state index contributed by atoms with van der Waals surface area (Å²) in [5, 5.41) is 6.22. The lowest BCUT2D eigenvalue weighted by Crippen LogP contribution is -2.26. The highest BCUT2D eigenvalue weighted by Gasteiger charge is 2.06. The van der Waals surface area contributed by atoms with Crippen LogP contribution in [0.5, 0.6) is 0 Å². The second kappa shape index (κ2) is 7.52. The Morgan fingerprint density at radius 3 is 2.00 bits per heavy atom. The number of hydrogen-bond acceptors (Lipinski definition) is 7. The molecule has 0 atom stereocenters. The molecular weight excluding hydrogens is 326 g/mol. The molecule has 0 fully saturated rings. The van der Waals surface area contributed by atoms with Gasteiger partial charge in [-0.3, -0.25) is 19.9 Å². The average Bonchev–Trinajstić information content (AvgIpc) is 3.22. The molecular formula is C19H17N7. The molecule has 2 aromatic carbocycles. The number of aliphatic imine (C=N–C) groups is 1. The molecule has 4 aromatic rings. The first kappa shape index (κ1) is 15.9. The quantitative estimate of drug-likeness (QED) is 0.552. The average molecular weight is 343 g/mol. The number of nitrogens with one attached hydrogen (secondary N) is 2. The minimum atomic E-state index is 0.715. The number of nitrogens with zero attached hydrogens (tertiary/aromatic N) is 5. The summed E-state index contributed by atoms with van der Waals surface area (Å²) in [5.74, 6) is 1.48. The standard InChI is InChI=1S/C11H11N5.C8H6N2/c1-2-4-9-8(3-1)14-7-10(15-9)16-11-12-5-6-13-11;1-2-4-8-7(3-1)9-5-6-10-8/h1-4,7H,5-6H2,(H2,12,13,15,16);1-6H. The van der Waals surface area contributed by atoms with Gasteiger partial charge in [0.2, 0.25) is 0 Å². The second-order valence-corrected chi connectivity index (χ2v) is 5.57. The SMILES string of the molecule is c1ccc2nc(NC3=NCCN3)cnc2c1.c1ccc2nccnc2c1. The third-order valence-corrected chi connectivity index (χ3v) is 3.74. The van der Waals surface area contributed by atoms with E-state index in [-0.39, 0.29) is 0 Å². The predicted molar refractivity (Wildman–Crippen MR) is 103 cm³/mol. The van der Waals surface area contributed by atoms with Crippen molar-refractivity contribution in [1.82, 2.24) is 25.3 Å². The molecule has 1 aliphatic heterocycles. The molecule has 0 unspecified atom stereocenters. The minimum absolute atomic E-state index is 0.715. The first-order valence-corrected chi connectivity index (χ1v) is 8.31. The van der Waals surface area contributed by atoms with E-state index in [2.05, 4.69) is 35.6 Å². The van der Waals surface area contributed by atoms with Crippen LogP contribution in [0.2, 0.25) is 0 Å². The smallest absolute Gasteiger partial charge is 0.197 e. The van der Waals surface area contributed by atoms with E-state index in [1.54, 1.807) is 18.6 Å². The van der Waals surface area contributed by atoms with Gasteiger partial charge >= 0.3 is 0 Å². The number of anilines is 1. The van der Waals surface area contributed by atoms with E-state index < -0.39 is 0 Å². The molecule has 0 spiro atoms. The molecule has 5 rings (SSSR count). The van der Waals surface area contributed by atoms with E-state index >= 15 is 0 Å². The van der Waals surface area contributed by atoms with Gasteiger partial charge in [0.1, 0.15) is 0 Å². The van der Waals surface area contributed by atoms with Crippen molar-refractivity contribution >= 4 is 33.8 Å². The van der Waals surface area contributed by atoms with Crippen molar-refractivity contribution in [1.29, 1.82) is 0 Å². The Labute approximate surface area is 150 Å². The number of rotatable bonds is 1. The summed E-state index contributed by atoms with van der Waals surface area (Å²) in [6.45, 7) is 1.69. The van der Waals surface area contributed by atoms with Gasteiger partial charge in [-0.2, -0.15) is 0 Å². The van der Waals surface area contributed by atoms with Gasteiger partial charge in [0, 0.05) is 18.9 Å². The Kier molecular flexibility index (Phi) is 4.60. The zero-order valence-electron chi connectivity index (χ0n) is 14.0. The Morgan fingerprint density at radius 2 is 1.38 bits per heavy atom. The highest BCUT2D eigenvalue weighted by Crippen LogP contribution is 2.11. The fourth-order valence-corrected chi connectivity index (χ4v) is 2.53. The van der Waals surface area contributed by atoms with Crippen LogP contribution in [-0.4, -0.2) is 39.0 Å². The predicted octanol–water partition coefficient (Wildman–Crippen LogP) is 2.63. The molecule has 0 aliphatic carbocycles. The van der Waals surface area contributed by atoms with Crippen molar-refractivity contribution in [3.8, 4) is 0 Å². The van der Waals surface area contributed by atoms with Crippen molar-refractivity contribution in [2.45, 2.75) is 0 Å². The maximum Gasteiger partial charge on any atom is 0.197 e. The van der Waals surface area contributed by atoms with Gasteiger partial charge in [-0.05, 0) is 24.3 Å². The van der Waals surface area contributed by atoms with Crippen LogP contribution < -0.4 is 10.6 Å². The van der Waals surface area contributed by atoms with Crippen molar-refractivity contribution in [3.63, 3.8) is 0 Å². The van der Waals surface area contributed by atoms with Gasteiger partial charge in [0.25, 0.3) is 0 Å². The highest BCUT2D eigenvalue weighted by atomic mass is 15.2. The van der Waals surface area contributed by atoms with Crippen LogP contribution in [0, 0.1) is 0 Å². The summed E-state index contributed by atoms with van der Waals surface area (Å²) < 4.78 is 0. The Hall–Kier alpha value is -3.61. The summed E-state index contributed by atoms with van der Waals surface area (Å²) in [5.41, 5.74) is 3.68. The van der Waals surface area contributed by atoms with E-state index in [0.29, 0.717) is 5.82 Å². The van der Waals surface area contributed by atoms with E-state index in [1.807, 2.05) is 48.5 Å². The van der Waals surface area contributed by atoms with Crippen LogP contribution in [0.15, 0.2) is 72.1 Å². The van der Waals surface area contributed by atoms with Gasteiger partial charge in [-0.15, -0.1) is 0 Å². The molecule has 0 radical (unpaired) electrons. The van der Waals surface area contributed by atoms with Gasteiger partial charge in [0.05, 0.1) is 34.8 Å². The maximum absolute atomic E-state index is 4.44. The lowest BCUT2D eigenvalue weighted by Gasteiger charge is -2.05. The molecule has 7 heteroatoms. The number of hydrogen-bond donors (Lipinski definition) is 2. The number of aromatic nitrogens is 4. The highest BCUT2D eigenvalue weighted by molar-refractivity contribution is 5.94. The molecule has 2 aromatic heterocycles. The number of fused-ring (bicyclic) bond motifs is 2. The van der Waals surface area contributed by atoms with E-state index in [9.17, 15) is 0 Å². The zero-order chi connectivity index (χ0) is 17.6. The molecule has 26 heavy (non-hydrogen) atoms. The molecule has 2 N–H and O–H groups in total. The van der Waals surface area contributed by atoms with Gasteiger partial charge in [0.15, 0.2) is 11.8 Å².